The third kappa shape index (κ3) is 4.35. The van der Waals surface area contributed by atoms with E-state index in [0.717, 1.165) is 28.4 Å². The number of thioether (sulfide) groups is 1. The zero-order valence-corrected chi connectivity index (χ0v) is 12.6. The van der Waals surface area contributed by atoms with Gasteiger partial charge >= 0.3 is 5.97 Å². The molecule has 1 rings (SSSR count). The van der Waals surface area contributed by atoms with Gasteiger partial charge in [-0.25, -0.2) is 0 Å². The first-order valence-corrected chi connectivity index (χ1v) is 7.09. The fraction of sp³-hybridized carbons (Fsp3) is 0.500. The molecule has 0 N–H and O–H groups in total. The predicted octanol–water partition coefficient (Wildman–Crippen LogP) is 2.92. The highest BCUT2D eigenvalue weighted by molar-refractivity contribution is 7.99. The van der Waals surface area contributed by atoms with Crippen LogP contribution in [0.5, 0.6) is 11.5 Å². The summed E-state index contributed by atoms with van der Waals surface area (Å²) in [5.41, 5.74) is 0.770. The van der Waals surface area contributed by atoms with Crippen molar-refractivity contribution >= 4 is 17.7 Å². The van der Waals surface area contributed by atoms with E-state index in [1.165, 1.54) is 7.11 Å². The first-order valence-electron chi connectivity index (χ1n) is 6.10. The van der Waals surface area contributed by atoms with Crippen molar-refractivity contribution in [2.75, 3.05) is 27.1 Å². The zero-order chi connectivity index (χ0) is 14.3. The number of ether oxygens (including phenoxy) is 3. The van der Waals surface area contributed by atoms with Crippen LogP contribution in [-0.2, 0) is 16.0 Å². The van der Waals surface area contributed by atoms with Gasteiger partial charge < -0.3 is 14.2 Å². The molecule has 0 bridgehead atoms. The van der Waals surface area contributed by atoms with Gasteiger partial charge in [0.25, 0.3) is 0 Å². The van der Waals surface area contributed by atoms with E-state index < -0.39 is 0 Å². The van der Waals surface area contributed by atoms with E-state index >= 15 is 0 Å². The molecule has 0 aromatic heterocycles. The normalized spacial score (nSPS) is 10.1. The maximum atomic E-state index is 11.4. The molecule has 0 heterocycles. The summed E-state index contributed by atoms with van der Waals surface area (Å²) in [5, 5.41) is 0. The van der Waals surface area contributed by atoms with Crippen LogP contribution in [-0.4, -0.2) is 33.1 Å². The Bertz CT molecular complexity index is 432. The molecule has 0 amide bonds. The van der Waals surface area contributed by atoms with Gasteiger partial charge in [0.05, 0.1) is 32.6 Å². The van der Waals surface area contributed by atoms with Gasteiger partial charge in [-0.15, -0.1) is 11.8 Å². The Balaban J connectivity index is 3.07. The lowest BCUT2D eigenvalue weighted by Crippen LogP contribution is -2.06. The Hall–Kier alpha value is -1.36. The lowest BCUT2D eigenvalue weighted by Gasteiger charge is -2.14. The topological polar surface area (TPSA) is 44.8 Å². The van der Waals surface area contributed by atoms with Gasteiger partial charge in [-0.1, -0.05) is 6.92 Å². The molecular weight excluding hydrogens is 264 g/mol. The second-order valence-corrected chi connectivity index (χ2v) is 5.05. The summed E-state index contributed by atoms with van der Waals surface area (Å²) in [6.45, 7) is 2.13. The molecule has 0 fully saturated rings. The third-order valence-corrected chi connectivity index (χ3v) is 3.83. The quantitative estimate of drug-likeness (QED) is 0.569. The Kier molecular flexibility index (Phi) is 6.56. The largest absolute Gasteiger partial charge is 0.496 e. The van der Waals surface area contributed by atoms with E-state index in [1.807, 2.05) is 12.1 Å². The Morgan fingerprint density at radius 3 is 2.37 bits per heavy atom. The van der Waals surface area contributed by atoms with Crippen LogP contribution >= 0.6 is 11.8 Å². The lowest BCUT2D eigenvalue weighted by molar-refractivity contribution is -0.139. The fourth-order valence-electron chi connectivity index (χ4n) is 1.62. The van der Waals surface area contributed by atoms with Crippen LogP contribution in [0.15, 0.2) is 17.0 Å². The molecule has 0 saturated heterocycles. The molecule has 106 valence electrons. The predicted molar refractivity (Wildman–Crippen MR) is 76.3 cm³/mol. The van der Waals surface area contributed by atoms with Crippen molar-refractivity contribution in [1.82, 2.24) is 0 Å². The second kappa shape index (κ2) is 7.94. The number of esters is 1. The fourth-order valence-corrected chi connectivity index (χ4v) is 2.52. The maximum absolute atomic E-state index is 11.4. The van der Waals surface area contributed by atoms with Gasteiger partial charge in [0, 0.05) is 5.56 Å². The molecule has 0 aliphatic heterocycles. The summed E-state index contributed by atoms with van der Waals surface area (Å²) in [5.74, 6) is 2.16. The lowest BCUT2D eigenvalue weighted by atomic mass is 10.1. The minimum Gasteiger partial charge on any atom is -0.496 e. The van der Waals surface area contributed by atoms with Gasteiger partial charge in [0.1, 0.15) is 11.5 Å². The molecule has 5 heteroatoms. The van der Waals surface area contributed by atoms with E-state index in [4.69, 9.17) is 9.47 Å². The van der Waals surface area contributed by atoms with E-state index in [9.17, 15) is 4.79 Å². The number of rotatable bonds is 7. The molecule has 19 heavy (non-hydrogen) atoms. The summed E-state index contributed by atoms with van der Waals surface area (Å²) >= 11 is 1.71. The second-order valence-electron chi connectivity index (χ2n) is 3.92. The maximum Gasteiger partial charge on any atom is 0.310 e. The third-order valence-electron chi connectivity index (χ3n) is 2.59. The summed E-state index contributed by atoms with van der Waals surface area (Å²) in [6.07, 6.45) is 1.26. The van der Waals surface area contributed by atoms with E-state index in [1.54, 1.807) is 26.0 Å². The van der Waals surface area contributed by atoms with Crippen LogP contribution in [0.3, 0.4) is 0 Å². The van der Waals surface area contributed by atoms with Gasteiger partial charge in [-0.2, -0.15) is 0 Å². The van der Waals surface area contributed by atoms with Crippen LogP contribution < -0.4 is 9.47 Å². The summed E-state index contributed by atoms with van der Waals surface area (Å²) in [6, 6.07) is 3.76. The van der Waals surface area contributed by atoms with Crippen molar-refractivity contribution < 1.29 is 19.0 Å². The molecule has 1 aromatic carbocycles. The molecule has 0 atom stereocenters. The number of hydrogen-bond donors (Lipinski definition) is 0. The molecule has 0 radical (unpaired) electrons. The van der Waals surface area contributed by atoms with E-state index in [0.29, 0.717) is 5.75 Å². The van der Waals surface area contributed by atoms with Crippen molar-refractivity contribution in [2.24, 2.45) is 0 Å². The summed E-state index contributed by atoms with van der Waals surface area (Å²) < 4.78 is 15.4. The summed E-state index contributed by atoms with van der Waals surface area (Å²) in [7, 11) is 4.59. The van der Waals surface area contributed by atoms with Gasteiger partial charge in [0.2, 0.25) is 0 Å². The Morgan fingerprint density at radius 1 is 1.16 bits per heavy atom. The average Bonchev–Trinajstić information content (AvgIpc) is 2.44. The first kappa shape index (κ1) is 15.7. The number of carbonyl (C=O) groups is 1. The van der Waals surface area contributed by atoms with Crippen molar-refractivity contribution in [2.45, 2.75) is 24.7 Å². The standard InChI is InChI=1S/C14H20O4S/c1-5-6-19-13-9-11(16-2)10(7-12(13)17-3)8-14(15)18-4/h7,9H,5-6,8H2,1-4H3. The van der Waals surface area contributed by atoms with Gasteiger partial charge in [0.15, 0.2) is 0 Å². The monoisotopic (exact) mass is 284 g/mol. The number of benzene rings is 1. The van der Waals surface area contributed by atoms with E-state index in [2.05, 4.69) is 11.7 Å². The molecule has 0 saturated carbocycles. The van der Waals surface area contributed by atoms with Crippen molar-refractivity contribution in [3.63, 3.8) is 0 Å². The zero-order valence-electron chi connectivity index (χ0n) is 11.8. The first-order chi connectivity index (χ1) is 9.15. The molecule has 4 nitrogen and oxygen atoms in total. The highest BCUT2D eigenvalue weighted by Crippen LogP contribution is 2.36. The molecule has 0 aliphatic carbocycles. The van der Waals surface area contributed by atoms with Crippen LogP contribution in [0, 0.1) is 0 Å². The van der Waals surface area contributed by atoms with E-state index in [-0.39, 0.29) is 12.4 Å². The van der Waals surface area contributed by atoms with Gasteiger partial charge in [-0.3, -0.25) is 4.79 Å². The molecular formula is C14H20O4S. The van der Waals surface area contributed by atoms with Crippen LogP contribution in [0.25, 0.3) is 0 Å². The molecule has 0 unspecified atom stereocenters. The van der Waals surface area contributed by atoms with Crippen molar-refractivity contribution in [1.29, 1.82) is 0 Å². The number of methoxy groups -OCH3 is 3. The Labute approximate surface area is 118 Å². The van der Waals surface area contributed by atoms with Crippen molar-refractivity contribution in [3.05, 3.63) is 17.7 Å². The van der Waals surface area contributed by atoms with Crippen LogP contribution in [0.1, 0.15) is 18.9 Å². The smallest absolute Gasteiger partial charge is 0.310 e. The number of carbonyl (C=O) groups excluding carboxylic acids is 1. The Morgan fingerprint density at radius 2 is 1.84 bits per heavy atom. The van der Waals surface area contributed by atoms with Crippen LogP contribution in [0.2, 0.25) is 0 Å². The highest BCUT2D eigenvalue weighted by Gasteiger charge is 2.14. The molecule has 0 spiro atoms. The number of hydrogen-bond acceptors (Lipinski definition) is 5. The SMILES string of the molecule is CCCSc1cc(OC)c(CC(=O)OC)cc1OC. The van der Waals surface area contributed by atoms with Gasteiger partial charge in [-0.05, 0) is 24.3 Å². The average molecular weight is 284 g/mol. The minimum absolute atomic E-state index is 0.175. The molecule has 1 aromatic rings. The summed E-state index contributed by atoms with van der Waals surface area (Å²) in [4.78, 5) is 12.4. The molecule has 0 aliphatic rings. The van der Waals surface area contributed by atoms with Crippen LogP contribution in [0.4, 0.5) is 0 Å². The highest BCUT2D eigenvalue weighted by atomic mass is 32.2. The van der Waals surface area contributed by atoms with Crippen molar-refractivity contribution in [3.8, 4) is 11.5 Å². The minimum atomic E-state index is -0.297.